The lowest BCUT2D eigenvalue weighted by molar-refractivity contribution is 0.0947. The van der Waals surface area contributed by atoms with Gasteiger partial charge in [0.1, 0.15) is 11.5 Å². The highest BCUT2D eigenvalue weighted by Gasteiger charge is 2.19. The van der Waals surface area contributed by atoms with Crippen LogP contribution in [0.3, 0.4) is 0 Å². The fourth-order valence-electron chi connectivity index (χ4n) is 3.40. The number of anilines is 1. The van der Waals surface area contributed by atoms with Crippen LogP contribution in [-0.4, -0.2) is 63.8 Å². The minimum atomic E-state index is -0.0456. The Balaban J connectivity index is 1.41. The lowest BCUT2D eigenvalue weighted by atomic mass is 10.2. The van der Waals surface area contributed by atoms with Gasteiger partial charge in [0, 0.05) is 44.8 Å². The maximum Gasteiger partial charge on any atom is 0.251 e. The zero-order valence-electron chi connectivity index (χ0n) is 16.7. The quantitative estimate of drug-likeness (QED) is 0.760. The van der Waals surface area contributed by atoms with Gasteiger partial charge in [-0.05, 0) is 43.3 Å². The highest BCUT2D eigenvalue weighted by molar-refractivity contribution is 5.94. The van der Waals surface area contributed by atoms with E-state index in [2.05, 4.69) is 21.2 Å². The Morgan fingerprint density at radius 1 is 1.04 bits per heavy atom. The number of piperazine rings is 1. The molecule has 6 heteroatoms. The molecular formula is C22H29N3O3. The standard InChI is InChI=1S/C22H29N3O3/c1-3-28-19-10-8-18(9-11-19)22(26)23-12-13-24-14-16-25(17-15-24)20-6-4-5-7-21(20)27-2/h4-11H,3,12-17H2,1-2H3,(H,23,26). The Kier molecular flexibility index (Phi) is 7.14. The normalized spacial score (nSPS) is 14.6. The average Bonchev–Trinajstić information content (AvgIpc) is 2.75. The van der Waals surface area contributed by atoms with Crippen molar-refractivity contribution in [2.24, 2.45) is 0 Å². The molecule has 1 amide bonds. The van der Waals surface area contributed by atoms with Crippen molar-refractivity contribution in [1.82, 2.24) is 10.2 Å². The molecule has 150 valence electrons. The van der Waals surface area contributed by atoms with Crippen molar-refractivity contribution in [2.45, 2.75) is 6.92 Å². The number of nitrogens with one attached hydrogen (secondary N) is 1. The van der Waals surface area contributed by atoms with E-state index in [0.717, 1.165) is 49.9 Å². The van der Waals surface area contributed by atoms with Gasteiger partial charge in [-0.3, -0.25) is 9.69 Å². The number of amides is 1. The van der Waals surface area contributed by atoms with Crippen molar-refractivity contribution in [3.8, 4) is 11.5 Å². The van der Waals surface area contributed by atoms with Gasteiger partial charge < -0.3 is 19.7 Å². The summed E-state index contributed by atoms with van der Waals surface area (Å²) in [6, 6.07) is 15.4. The van der Waals surface area contributed by atoms with Gasteiger partial charge in [-0.2, -0.15) is 0 Å². The van der Waals surface area contributed by atoms with E-state index in [4.69, 9.17) is 9.47 Å². The predicted octanol–water partition coefficient (Wildman–Crippen LogP) is 2.65. The van der Waals surface area contributed by atoms with Gasteiger partial charge in [0.25, 0.3) is 5.91 Å². The van der Waals surface area contributed by atoms with E-state index in [0.29, 0.717) is 18.7 Å². The number of carbonyl (C=O) groups is 1. The number of hydrogen-bond donors (Lipinski definition) is 1. The molecule has 0 bridgehead atoms. The fourth-order valence-corrected chi connectivity index (χ4v) is 3.40. The molecule has 0 spiro atoms. The SMILES string of the molecule is CCOc1ccc(C(=O)NCCN2CCN(c3ccccc3OC)CC2)cc1. The molecule has 0 aromatic heterocycles. The first-order valence-corrected chi connectivity index (χ1v) is 9.82. The van der Waals surface area contributed by atoms with Gasteiger partial charge >= 0.3 is 0 Å². The molecule has 2 aromatic rings. The number of nitrogens with zero attached hydrogens (tertiary/aromatic N) is 2. The summed E-state index contributed by atoms with van der Waals surface area (Å²) in [6.45, 7) is 7.89. The van der Waals surface area contributed by atoms with E-state index in [1.165, 1.54) is 0 Å². The highest BCUT2D eigenvalue weighted by atomic mass is 16.5. The van der Waals surface area contributed by atoms with E-state index >= 15 is 0 Å². The summed E-state index contributed by atoms with van der Waals surface area (Å²) in [5, 5.41) is 3.00. The maximum atomic E-state index is 12.3. The number of benzene rings is 2. The second kappa shape index (κ2) is 9.99. The van der Waals surface area contributed by atoms with Crippen LogP contribution in [-0.2, 0) is 0 Å². The third-order valence-corrected chi connectivity index (χ3v) is 4.94. The third kappa shape index (κ3) is 5.16. The molecule has 1 fully saturated rings. The van der Waals surface area contributed by atoms with Crippen LogP contribution in [0, 0.1) is 0 Å². The molecule has 0 saturated carbocycles. The van der Waals surface area contributed by atoms with Crippen molar-refractivity contribution in [2.75, 3.05) is 57.9 Å². The van der Waals surface area contributed by atoms with Gasteiger partial charge in [-0.1, -0.05) is 12.1 Å². The Labute approximate surface area is 167 Å². The van der Waals surface area contributed by atoms with Crippen LogP contribution < -0.4 is 19.7 Å². The van der Waals surface area contributed by atoms with Gasteiger partial charge in [0.2, 0.25) is 0 Å². The summed E-state index contributed by atoms with van der Waals surface area (Å²) in [6.07, 6.45) is 0. The van der Waals surface area contributed by atoms with Gasteiger partial charge in [-0.15, -0.1) is 0 Å². The first-order chi connectivity index (χ1) is 13.7. The number of para-hydroxylation sites is 2. The topological polar surface area (TPSA) is 54.0 Å². The van der Waals surface area contributed by atoms with Crippen molar-refractivity contribution >= 4 is 11.6 Å². The minimum Gasteiger partial charge on any atom is -0.495 e. The lowest BCUT2D eigenvalue weighted by Gasteiger charge is -2.36. The summed E-state index contributed by atoms with van der Waals surface area (Å²) >= 11 is 0. The third-order valence-electron chi connectivity index (χ3n) is 4.94. The maximum absolute atomic E-state index is 12.3. The van der Waals surface area contributed by atoms with Crippen LogP contribution in [0.4, 0.5) is 5.69 Å². The second-order valence-electron chi connectivity index (χ2n) is 6.71. The molecule has 6 nitrogen and oxygen atoms in total. The first kappa shape index (κ1) is 20.0. The zero-order chi connectivity index (χ0) is 19.8. The molecule has 0 atom stereocenters. The van der Waals surface area contributed by atoms with Crippen molar-refractivity contribution in [3.63, 3.8) is 0 Å². The van der Waals surface area contributed by atoms with E-state index in [1.54, 1.807) is 19.2 Å². The molecule has 1 N–H and O–H groups in total. The molecule has 28 heavy (non-hydrogen) atoms. The van der Waals surface area contributed by atoms with E-state index in [9.17, 15) is 4.79 Å². The van der Waals surface area contributed by atoms with Crippen LogP contribution in [0.1, 0.15) is 17.3 Å². The number of hydrogen-bond acceptors (Lipinski definition) is 5. The predicted molar refractivity (Wildman–Crippen MR) is 112 cm³/mol. The van der Waals surface area contributed by atoms with E-state index in [1.807, 2.05) is 37.3 Å². The molecule has 1 aliphatic rings. The van der Waals surface area contributed by atoms with Crippen LogP contribution in [0.25, 0.3) is 0 Å². The summed E-state index contributed by atoms with van der Waals surface area (Å²) in [5.41, 5.74) is 1.80. The Morgan fingerprint density at radius 2 is 1.75 bits per heavy atom. The largest absolute Gasteiger partial charge is 0.495 e. The van der Waals surface area contributed by atoms with Gasteiger partial charge in [0.05, 0.1) is 19.4 Å². The van der Waals surface area contributed by atoms with E-state index in [-0.39, 0.29) is 5.91 Å². The molecular weight excluding hydrogens is 354 g/mol. The molecule has 2 aromatic carbocycles. The number of ether oxygens (including phenoxy) is 2. The monoisotopic (exact) mass is 383 g/mol. The van der Waals surface area contributed by atoms with Crippen LogP contribution in [0.5, 0.6) is 11.5 Å². The van der Waals surface area contributed by atoms with Crippen molar-refractivity contribution < 1.29 is 14.3 Å². The number of methoxy groups -OCH3 is 1. The van der Waals surface area contributed by atoms with E-state index < -0.39 is 0 Å². The van der Waals surface area contributed by atoms with Crippen LogP contribution in [0.2, 0.25) is 0 Å². The number of carbonyl (C=O) groups excluding carboxylic acids is 1. The summed E-state index contributed by atoms with van der Waals surface area (Å²) in [5.74, 6) is 1.65. The molecule has 1 saturated heterocycles. The second-order valence-corrected chi connectivity index (χ2v) is 6.71. The molecule has 0 unspecified atom stereocenters. The summed E-state index contributed by atoms with van der Waals surface area (Å²) < 4.78 is 10.9. The molecule has 0 radical (unpaired) electrons. The minimum absolute atomic E-state index is 0.0456. The Hall–Kier alpha value is -2.73. The van der Waals surface area contributed by atoms with Crippen LogP contribution >= 0.6 is 0 Å². The van der Waals surface area contributed by atoms with Gasteiger partial charge in [-0.25, -0.2) is 0 Å². The zero-order valence-corrected chi connectivity index (χ0v) is 16.7. The molecule has 1 heterocycles. The molecule has 3 rings (SSSR count). The smallest absolute Gasteiger partial charge is 0.251 e. The van der Waals surface area contributed by atoms with Crippen molar-refractivity contribution in [1.29, 1.82) is 0 Å². The summed E-state index contributed by atoms with van der Waals surface area (Å²) in [7, 11) is 1.71. The number of rotatable bonds is 8. The molecule has 1 aliphatic heterocycles. The first-order valence-electron chi connectivity index (χ1n) is 9.82. The Bertz CT molecular complexity index is 756. The fraction of sp³-hybridized carbons (Fsp3) is 0.409. The van der Waals surface area contributed by atoms with Gasteiger partial charge in [0.15, 0.2) is 0 Å². The average molecular weight is 383 g/mol. The van der Waals surface area contributed by atoms with Crippen LogP contribution in [0.15, 0.2) is 48.5 Å². The summed E-state index contributed by atoms with van der Waals surface area (Å²) in [4.78, 5) is 17.0. The van der Waals surface area contributed by atoms with Crippen molar-refractivity contribution in [3.05, 3.63) is 54.1 Å². The lowest BCUT2D eigenvalue weighted by Crippen LogP contribution is -2.48. The Morgan fingerprint density at radius 3 is 2.43 bits per heavy atom. The molecule has 0 aliphatic carbocycles. The highest BCUT2D eigenvalue weighted by Crippen LogP contribution is 2.28.